The molecule has 0 saturated carbocycles. The molecular weight excluding hydrogens is 444 g/mol. The molecule has 1 N–H and O–H groups in total. The minimum atomic E-state index is -1.03. The van der Waals surface area contributed by atoms with Gasteiger partial charge in [-0.15, -0.1) is 0 Å². The lowest BCUT2D eigenvalue weighted by Crippen LogP contribution is -2.23. The number of carboxylic acids is 1. The molecule has 0 aliphatic carbocycles. The number of Topliss-reactive ketones (excluding diaryl/α,β-unsaturated/α-hetero) is 1. The molecule has 1 fully saturated rings. The Hall–Kier alpha value is -4.23. The van der Waals surface area contributed by atoms with E-state index in [2.05, 4.69) is 0 Å². The fourth-order valence-corrected chi connectivity index (χ4v) is 4.32. The van der Waals surface area contributed by atoms with Gasteiger partial charge >= 0.3 is 5.97 Å². The molecule has 1 saturated heterocycles. The SMILES string of the molecule is O=C(O)COc1cccc(CN2CC(=O)C[C@H]2c2nc(-c3ccccc3)c(-c3ccccc3)o2)c1. The monoisotopic (exact) mass is 468 g/mol. The molecule has 7 heteroatoms. The van der Waals surface area contributed by atoms with Gasteiger partial charge in [0, 0.05) is 24.1 Å². The van der Waals surface area contributed by atoms with E-state index >= 15 is 0 Å². The van der Waals surface area contributed by atoms with Crippen LogP contribution in [0.15, 0.2) is 89.3 Å². The minimum absolute atomic E-state index is 0.119. The molecule has 0 radical (unpaired) electrons. The number of likely N-dealkylation sites (tertiary alicyclic amines) is 1. The van der Waals surface area contributed by atoms with Crippen LogP contribution < -0.4 is 4.74 Å². The van der Waals surface area contributed by atoms with Crippen LogP contribution in [-0.2, 0) is 16.1 Å². The maximum atomic E-state index is 12.5. The number of carbonyl (C=O) groups excluding carboxylic acids is 1. The van der Waals surface area contributed by atoms with Crippen LogP contribution in [0.3, 0.4) is 0 Å². The van der Waals surface area contributed by atoms with Crippen LogP contribution in [0.25, 0.3) is 22.6 Å². The molecule has 3 aromatic carbocycles. The molecule has 2 heterocycles. The van der Waals surface area contributed by atoms with E-state index in [1.807, 2.05) is 77.7 Å². The van der Waals surface area contributed by atoms with Crippen molar-refractivity contribution in [3.8, 4) is 28.3 Å². The topological polar surface area (TPSA) is 92.9 Å². The van der Waals surface area contributed by atoms with Crippen LogP contribution in [0.5, 0.6) is 5.75 Å². The molecule has 0 amide bonds. The van der Waals surface area contributed by atoms with Gasteiger partial charge in [0.05, 0.1) is 12.6 Å². The zero-order chi connectivity index (χ0) is 24.2. The molecule has 5 rings (SSSR count). The fourth-order valence-electron chi connectivity index (χ4n) is 4.32. The summed E-state index contributed by atoms with van der Waals surface area (Å²) in [7, 11) is 0. The average molecular weight is 469 g/mol. The molecule has 4 aromatic rings. The maximum Gasteiger partial charge on any atom is 0.341 e. The first kappa shape index (κ1) is 22.6. The van der Waals surface area contributed by atoms with Gasteiger partial charge in [-0.1, -0.05) is 72.8 Å². The maximum absolute atomic E-state index is 12.5. The lowest BCUT2D eigenvalue weighted by atomic mass is 10.1. The fraction of sp³-hybridized carbons (Fsp3) is 0.179. The number of hydrogen-bond acceptors (Lipinski definition) is 6. The molecule has 7 nitrogen and oxygen atoms in total. The highest BCUT2D eigenvalue weighted by molar-refractivity contribution is 5.83. The number of nitrogens with zero attached hydrogens (tertiary/aromatic N) is 2. The molecule has 1 aliphatic rings. The number of aliphatic carboxylic acids is 1. The van der Waals surface area contributed by atoms with E-state index in [0.29, 0.717) is 30.4 Å². The van der Waals surface area contributed by atoms with E-state index in [1.165, 1.54) is 0 Å². The van der Waals surface area contributed by atoms with Gasteiger partial charge in [0.1, 0.15) is 17.2 Å². The molecule has 35 heavy (non-hydrogen) atoms. The standard InChI is InChI=1S/C28H24N2O5/c31-22-15-24(30(17-22)16-19-8-7-13-23(14-19)34-18-25(32)33)28-29-26(20-9-3-1-4-10-20)27(35-28)21-11-5-2-6-12-21/h1-14,24H,15-18H2,(H,32,33)/t24-/m0/s1. The summed E-state index contributed by atoms with van der Waals surface area (Å²) in [5, 5.41) is 8.86. The van der Waals surface area contributed by atoms with Crippen molar-refractivity contribution >= 4 is 11.8 Å². The minimum Gasteiger partial charge on any atom is -0.482 e. The summed E-state index contributed by atoms with van der Waals surface area (Å²) in [5.74, 6) is 0.741. The van der Waals surface area contributed by atoms with Crippen molar-refractivity contribution in [3.63, 3.8) is 0 Å². The summed E-state index contributed by atoms with van der Waals surface area (Å²) in [6.45, 7) is 0.355. The van der Waals surface area contributed by atoms with Crippen LogP contribution in [-0.4, -0.2) is 39.9 Å². The zero-order valence-electron chi connectivity index (χ0n) is 19.0. The van der Waals surface area contributed by atoms with E-state index < -0.39 is 12.6 Å². The third-order valence-electron chi connectivity index (χ3n) is 5.90. The van der Waals surface area contributed by atoms with Gasteiger partial charge in [0.25, 0.3) is 0 Å². The Kier molecular flexibility index (Phi) is 6.41. The van der Waals surface area contributed by atoms with E-state index in [4.69, 9.17) is 19.2 Å². The quantitative estimate of drug-likeness (QED) is 0.389. The summed E-state index contributed by atoms with van der Waals surface area (Å²) in [6, 6.07) is 26.6. The summed E-state index contributed by atoms with van der Waals surface area (Å²) >= 11 is 0. The van der Waals surface area contributed by atoms with E-state index in [9.17, 15) is 9.59 Å². The van der Waals surface area contributed by atoms with Crippen molar-refractivity contribution in [2.75, 3.05) is 13.2 Å². The van der Waals surface area contributed by atoms with Crippen molar-refractivity contribution in [1.82, 2.24) is 9.88 Å². The second-order valence-corrected chi connectivity index (χ2v) is 8.46. The lowest BCUT2D eigenvalue weighted by molar-refractivity contribution is -0.139. The summed E-state index contributed by atoms with van der Waals surface area (Å²) in [6.07, 6.45) is 0.318. The summed E-state index contributed by atoms with van der Waals surface area (Å²) in [5.41, 5.74) is 3.52. The highest BCUT2D eigenvalue weighted by Crippen LogP contribution is 2.38. The normalized spacial score (nSPS) is 15.9. The first-order chi connectivity index (χ1) is 17.1. The average Bonchev–Trinajstić information content (AvgIpc) is 3.48. The molecule has 176 valence electrons. The predicted octanol–water partition coefficient (Wildman–Crippen LogP) is 4.99. The van der Waals surface area contributed by atoms with Crippen molar-refractivity contribution in [3.05, 3.63) is 96.4 Å². The smallest absolute Gasteiger partial charge is 0.341 e. The van der Waals surface area contributed by atoms with Crippen molar-refractivity contribution in [1.29, 1.82) is 0 Å². The van der Waals surface area contributed by atoms with E-state index in [-0.39, 0.29) is 18.4 Å². The zero-order valence-corrected chi connectivity index (χ0v) is 19.0. The van der Waals surface area contributed by atoms with Crippen molar-refractivity contribution < 1.29 is 23.8 Å². The largest absolute Gasteiger partial charge is 0.482 e. The molecular formula is C28H24N2O5. The Morgan fingerprint density at radius 1 is 1.00 bits per heavy atom. The Balaban J connectivity index is 1.46. The van der Waals surface area contributed by atoms with Crippen molar-refractivity contribution in [2.24, 2.45) is 0 Å². The molecule has 1 aromatic heterocycles. The van der Waals surface area contributed by atoms with Gasteiger partial charge in [0.2, 0.25) is 5.89 Å². The number of oxazole rings is 1. The molecule has 0 spiro atoms. The Bertz CT molecular complexity index is 1280. The second kappa shape index (κ2) is 9.95. The number of hydrogen-bond donors (Lipinski definition) is 1. The Labute approximate surface area is 202 Å². The number of carboxylic acid groups (broad SMARTS) is 1. The number of benzene rings is 3. The second-order valence-electron chi connectivity index (χ2n) is 8.46. The van der Waals surface area contributed by atoms with Gasteiger partial charge in [-0.05, 0) is 17.7 Å². The molecule has 1 atom stereocenters. The van der Waals surface area contributed by atoms with Crippen LogP contribution >= 0.6 is 0 Å². The van der Waals surface area contributed by atoms with Gasteiger partial charge in [-0.3, -0.25) is 9.69 Å². The first-order valence-corrected chi connectivity index (χ1v) is 11.4. The third-order valence-corrected chi connectivity index (χ3v) is 5.90. The number of ether oxygens (including phenoxy) is 1. The Morgan fingerprint density at radius 2 is 1.71 bits per heavy atom. The molecule has 0 unspecified atom stereocenters. The van der Waals surface area contributed by atoms with Gasteiger partial charge in [-0.25, -0.2) is 9.78 Å². The van der Waals surface area contributed by atoms with Crippen LogP contribution in [0.2, 0.25) is 0 Å². The highest BCUT2D eigenvalue weighted by atomic mass is 16.5. The number of ketones is 1. The van der Waals surface area contributed by atoms with Crippen LogP contribution in [0.1, 0.15) is 23.9 Å². The number of carbonyl (C=O) groups is 2. The molecule has 1 aliphatic heterocycles. The van der Waals surface area contributed by atoms with E-state index in [0.717, 1.165) is 22.4 Å². The molecule has 0 bridgehead atoms. The van der Waals surface area contributed by atoms with Gasteiger partial charge in [-0.2, -0.15) is 0 Å². The predicted molar refractivity (Wildman–Crippen MR) is 130 cm³/mol. The number of rotatable bonds is 8. The van der Waals surface area contributed by atoms with Crippen molar-refractivity contribution in [2.45, 2.75) is 19.0 Å². The van der Waals surface area contributed by atoms with Gasteiger partial charge in [0.15, 0.2) is 12.4 Å². The number of aromatic nitrogens is 1. The van der Waals surface area contributed by atoms with Crippen LogP contribution in [0, 0.1) is 0 Å². The lowest BCUT2D eigenvalue weighted by Gasteiger charge is -2.21. The highest BCUT2D eigenvalue weighted by Gasteiger charge is 2.36. The first-order valence-electron chi connectivity index (χ1n) is 11.4. The summed E-state index contributed by atoms with van der Waals surface area (Å²) in [4.78, 5) is 30.2. The Morgan fingerprint density at radius 3 is 2.43 bits per heavy atom. The summed E-state index contributed by atoms with van der Waals surface area (Å²) < 4.78 is 11.7. The third kappa shape index (κ3) is 5.15. The van der Waals surface area contributed by atoms with Gasteiger partial charge < -0.3 is 14.3 Å². The van der Waals surface area contributed by atoms with E-state index in [1.54, 1.807) is 12.1 Å². The van der Waals surface area contributed by atoms with Crippen LogP contribution in [0.4, 0.5) is 0 Å².